The van der Waals surface area contributed by atoms with E-state index in [1.54, 1.807) is 0 Å². The minimum absolute atomic E-state index is 0.169. The number of piperidine rings is 1. The number of nitrogens with zero attached hydrogens (tertiary/aromatic N) is 3. The smallest absolute Gasteiger partial charge is 0.232 e. The van der Waals surface area contributed by atoms with Crippen LogP contribution in [0, 0.1) is 0 Å². The molecule has 0 bridgehead atoms. The Bertz CT molecular complexity index is 1110. The fraction of sp³-hybridized carbons (Fsp3) is 0.292. The topological polar surface area (TPSA) is 55.3 Å². The number of ether oxygens (including phenoxy) is 1. The fourth-order valence-electron chi connectivity index (χ4n) is 3.94. The molecular formula is C24H22ClN3O2S. The molecule has 0 atom stereocenters. The van der Waals surface area contributed by atoms with E-state index in [0.717, 1.165) is 53.4 Å². The Kier molecular flexibility index (Phi) is 5.83. The van der Waals surface area contributed by atoms with Crippen molar-refractivity contribution in [3.8, 4) is 23.0 Å². The third-order valence-corrected chi connectivity index (χ3v) is 6.88. The van der Waals surface area contributed by atoms with E-state index in [-0.39, 0.29) is 5.91 Å². The molecule has 1 amide bonds. The van der Waals surface area contributed by atoms with Crippen molar-refractivity contribution in [2.75, 3.05) is 18.8 Å². The standard InChI is InChI=1S/C24H22ClN3O2S/c25-18-10-8-16(9-11-18)22-26-23-19(14-17-6-2-3-7-20(17)30-23)24(27-22)31-15-21(29)28-12-4-1-5-13-28/h2-3,6-11H,1,4-5,12-15H2. The van der Waals surface area contributed by atoms with Crippen LogP contribution in [0.5, 0.6) is 11.6 Å². The molecule has 7 heteroatoms. The van der Waals surface area contributed by atoms with Gasteiger partial charge in [-0.15, -0.1) is 0 Å². The van der Waals surface area contributed by atoms with Gasteiger partial charge in [0.2, 0.25) is 11.8 Å². The van der Waals surface area contributed by atoms with Crippen LogP contribution in [0.25, 0.3) is 11.4 Å². The van der Waals surface area contributed by atoms with Gasteiger partial charge in [-0.25, -0.2) is 4.98 Å². The van der Waals surface area contributed by atoms with Crippen molar-refractivity contribution in [3.05, 3.63) is 64.7 Å². The lowest BCUT2D eigenvalue weighted by Crippen LogP contribution is -2.36. The Labute approximate surface area is 190 Å². The summed E-state index contributed by atoms with van der Waals surface area (Å²) in [6, 6.07) is 15.4. The molecule has 31 heavy (non-hydrogen) atoms. The van der Waals surface area contributed by atoms with Crippen LogP contribution in [0.1, 0.15) is 30.4 Å². The molecule has 0 spiro atoms. The summed E-state index contributed by atoms with van der Waals surface area (Å²) in [5.41, 5.74) is 2.90. The molecule has 0 radical (unpaired) electrons. The summed E-state index contributed by atoms with van der Waals surface area (Å²) in [6.07, 6.45) is 4.07. The summed E-state index contributed by atoms with van der Waals surface area (Å²) in [6.45, 7) is 1.71. The molecule has 2 aliphatic heterocycles. The molecule has 0 aliphatic carbocycles. The predicted octanol–water partition coefficient (Wildman–Crippen LogP) is 5.60. The Morgan fingerprint density at radius 3 is 2.61 bits per heavy atom. The van der Waals surface area contributed by atoms with Crippen LogP contribution < -0.4 is 4.74 Å². The van der Waals surface area contributed by atoms with Gasteiger partial charge in [-0.05, 0) is 55.2 Å². The van der Waals surface area contributed by atoms with E-state index >= 15 is 0 Å². The summed E-state index contributed by atoms with van der Waals surface area (Å²) in [5.74, 6) is 2.48. The van der Waals surface area contributed by atoms with Crippen LogP contribution in [-0.4, -0.2) is 39.6 Å². The van der Waals surface area contributed by atoms with Gasteiger partial charge in [0, 0.05) is 30.1 Å². The van der Waals surface area contributed by atoms with Crippen LogP contribution in [-0.2, 0) is 11.2 Å². The van der Waals surface area contributed by atoms with Crippen molar-refractivity contribution in [2.24, 2.45) is 0 Å². The first-order valence-corrected chi connectivity index (χ1v) is 11.9. The summed E-state index contributed by atoms with van der Waals surface area (Å²) in [7, 11) is 0. The van der Waals surface area contributed by atoms with Crippen molar-refractivity contribution >= 4 is 29.3 Å². The van der Waals surface area contributed by atoms with Crippen LogP contribution in [0.2, 0.25) is 5.02 Å². The zero-order valence-corrected chi connectivity index (χ0v) is 18.6. The van der Waals surface area contributed by atoms with Gasteiger partial charge < -0.3 is 9.64 Å². The van der Waals surface area contributed by atoms with Crippen molar-refractivity contribution in [1.82, 2.24) is 14.9 Å². The monoisotopic (exact) mass is 451 g/mol. The second kappa shape index (κ2) is 8.89. The first kappa shape index (κ1) is 20.3. The number of hydrogen-bond donors (Lipinski definition) is 0. The van der Waals surface area contributed by atoms with E-state index in [1.165, 1.54) is 18.2 Å². The summed E-state index contributed by atoms with van der Waals surface area (Å²) in [5, 5.41) is 1.46. The Morgan fingerprint density at radius 1 is 1.03 bits per heavy atom. The Hall–Kier alpha value is -2.57. The quantitative estimate of drug-likeness (QED) is 0.298. The first-order valence-electron chi connectivity index (χ1n) is 10.5. The minimum atomic E-state index is 0.169. The number of para-hydroxylation sites is 1. The van der Waals surface area contributed by atoms with Crippen LogP contribution in [0.15, 0.2) is 53.6 Å². The summed E-state index contributed by atoms with van der Waals surface area (Å²) in [4.78, 5) is 24.3. The average Bonchev–Trinajstić information content (AvgIpc) is 2.82. The van der Waals surface area contributed by atoms with Gasteiger partial charge in [-0.1, -0.05) is 41.6 Å². The van der Waals surface area contributed by atoms with Gasteiger partial charge in [0.15, 0.2) is 5.82 Å². The fourth-order valence-corrected chi connectivity index (χ4v) is 4.99. The van der Waals surface area contributed by atoms with E-state index < -0.39 is 0 Å². The van der Waals surface area contributed by atoms with Crippen molar-refractivity contribution in [2.45, 2.75) is 30.7 Å². The van der Waals surface area contributed by atoms with Crippen molar-refractivity contribution in [1.29, 1.82) is 0 Å². The molecule has 2 aliphatic rings. The highest BCUT2D eigenvalue weighted by Gasteiger charge is 2.25. The Balaban J connectivity index is 1.47. The molecule has 2 aromatic carbocycles. The number of amides is 1. The zero-order chi connectivity index (χ0) is 21.2. The number of rotatable bonds is 4. The van der Waals surface area contributed by atoms with Crippen molar-refractivity contribution < 1.29 is 9.53 Å². The molecule has 1 fully saturated rings. The average molecular weight is 452 g/mol. The van der Waals surface area contributed by atoms with Gasteiger partial charge in [0.25, 0.3) is 0 Å². The van der Waals surface area contributed by atoms with Crippen LogP contribution in [0.3, 0.4) is 0 Å². The molecule has 5 nitrogen and oxygen atoms in total. The summed E-state index contributed by atoms with van der Waals surface area (Å²) >= 11 is 7.52. The molecule has 5 rings (SSSR count). The third kappa shape index (κ3) is 4.41. The molecule has 0 unspecified atom stereocenters. The largest absolute Gasteiger partial charge is 0.438 e. The lowest BCUT2D eigenvalue weighted by molar-refractivity contribution is -0.129. The van der Waals surface area contributed by atoms with Gasteiger partial charge in [0.1, 0.15) is 10.8 Å². The normalized spacial score (nSPS) is 15.1. The van der Waals surface area contributed by atoms with Gasteiger partial charge >= 0.3 is 0 Å². The molecule has 0 N–H and O–H groups in total. The van der Waals surface area contributed by atoms with Crippen LogP contribution >= 0.6 is 23.4 Å². The highest BCUT2D eigenvalue weighted by Crippen LogP contribution is 2.40. The number of carbonyl (C=O) groups excluding carboxylic acids is 1. The van der Waals surface area contributed by atoms with Crippen LogP contribution in [0.4, 0.5) is 0 Å². The predicted molar refractivity (Wildman–Crippen MR) is 123 cm³/mol. The maximum Gasteiger partial charge on any atom is 0.232 e. The maximum absolute atomic E-state index is 12.7. The minimum Gasteiger partial charge on any atom is -0.438 e. The second-order valence-electron chi connectivity index (χ2n) is 7.76. The lowest BCUT2D eigenvalue weighted by atomic mass is 10.0. The highest BCUT2D eigenvalue weighted by molar-refractivity contribution is 7.99. The molecule has 158 valence electrons. The SMILES string of the molecule is O=C(CSc1nc(-c2ccc(Cl)cc2)nc2c1Cc1ccccc1O2)N1CCCCC1. The maximum atomic E-state index is 12.7. The molecule has 3 aromatic rings. The van der Waals surface area contributed by atoms with E-state index in [0.29, 0.717) is 28.9 Å². The molecule has 1 saturated heterocycles. The van der Waals surface area contributed by atoms with Gasteiger partial charge in [-0.2, -0.15) is 4.98 Å². The molecule has 1 aromatic heterocycles. The Morgan fingerprint density at radius 2 is 1.81 bits per heavy atom. The van der Waals surface area contributed by atoms with E-state index in [1.807, 2.05) is 47.4 Å². The number of likely N-dealkylation sites (tertiary alicyclic amines) is 1. The second-order valence-corrected chi connectivity index (χ2v) is 9.16. The first-order chi connectivity index (χ1) is 15.2. The van der Waals surface area contributed by atoms with Gasteiger partial charge in [-0.3, -0.25) is 4.79 Å². The van der Waals surface area contributed by atoms with Gasteiger partial charge in [0.05, 0.1) is 11.3 Å². The summed E-state index contributed by atoms with van der Waals surface area (Å²) < 4.78 is 6.14. The van der Waals surface area contributed by atoms with E-state index in [4.69, 9.17) is 26.3 Å². The number of halogens is 1. The number of thioether (sulfide) groups is 1. The number of benzene rings is 2. The number of aromatic nitrogens is 2. The lowest BCUT2D eigenvalue weighted by Gasteiger charge is -2.27. The molecular weight excluding hydrogens is 430 g/mol. The number of fused-ring (bicyclic) bond motifs is 2. The third-order valence-electron chi connectivity index (χ3n) is 5.62. The molecule has 3 heterocycles. The highest BCUT2D eigenvalue weighted by atomic mass is 35.5. The van der Waals surface area contributed by atoms with Crippen molar-refractivity contribution in [3.63, 3.8) is 0 Å². The number of hydrogen-bond acceptors (Lipinski definition) is 5. The molecule has 0 saturated carbocycles. The number of carbonyl (C=O) groups is 1. The van der Waals surface area contributed by atoms with E-state index in [2.05, 4.69) is 6.07 Å². The van der Waals surface area contributed by atoms with E-state index in [9.17, 15) is 4.79 Å². The zero-order valence-electron chi connectivity index (χ0n) is 17.0.